The van der Waals surface area contributed by atoms with Crippen LogP contribution in [0.3, 0.4) is 0 Å². The van der Waals surface area contributed by atoms with E-state index in [0.29, 0.717) is 32.4 Å². The first kappa shape index (κ1) is 23.7. The Hall–Kier alpha value is -2.92. The Bertz CT molecular complexity index is 991. The molecule has 4 nitrogen and oxygen atoms in total. The van der Waals surface area contributed by atoms with Crippen molar-refractivity contribution in [2.45, 2.75) is 38.8 Å². The van der Waals surface area contributed by atoms with E-state index in [1.807, 2.05) is 91.9 Å². The fraction of sp³-hybridized carbons (Fsp3) is 0.259. The van der Waals surface area contributed by atoms with Crippen molar-refractivity contribution < 1.29 is 9.59 Å². The van der Waals surface area contributed by atoms with E-state index in [9.17, 15) is 9.59 Å². The van der Waals surface area contributed by atoms with Gasteiger partial charge in [-0.25, -0.2) is 0 Å². The fourth-order valence-corrected chi connectivity index (χ4v) is 3.94. The number of likely N-dealkylation sites (N-methyl/N-ethyl adjacent to an activating group) is 1. The third-order valence-corrected chi connectivity index (χ3v) is 5.89. The Labute approximate surface area is 198 Å². The first-order valence-corrected chi connectivity index (χ1v) is 11.8. The van der Waals surface area contributed by atoms with Gasteiger partial charge in [0.1, 0.15) is 6.04 Å². The molecule has 0 saturated heterocycles. The molecular weight excluding hydrogens is 464 g/mol. The van der Waals surface area contributed by atoms with Crippen LogP contribution in [0.1, 0.15) is 30.0 Å². The molecule has 3 rings (SSSR count). The number of hydrogen-bond acceptors (Lipinski definition) is 2. The molecule has 1 atom stereocenters. The second-order valence-corrected chi connectivity index (χ2v) is 8.65. The molecule has 0 heterocycles. The number of nitrogens with zero attached hydrogens (tertiary/aromatic N) is 1. The van der Waals surface area contributed by atoms with E-state index in [2.05, 4.69) is 21.2 Å². The molecule has 0 unspecified atom stereocenters. The van der Waals surface area contributed by atoms with Crippen LogP contribution in [0.2, 0.25) is 0 Å². The lowest BCUT2D eigenvalue weighted by Gasteiger charge is -2.31. The van der Waals surface area contributed by atoms with Gasteiger partial charge in [-0.15, -0.1) is 0 Å². The van der Waals surface area contributed by atoms with Gasteiger partial charge < -0.3 is 10.2 Å². The maximum atomic E-state index is 13.5. The minimum atomic E-state index is -0.579. The summed E-state index contributed by atoms with van der Waals surface area (Å²) < 4.78 is 0.979. The van der Waals surface area contributed by atoms with Crippen molar-refractivity contribution in [3.05, 3.63) is 106 Å². The smallest absolute Gasteiger partial charge is 0.243 e. The zero-order valence-corrected chi connectivity index (χ0v) is 19.9. The highest BCUT2D eigenvalue weighted by Crippen LogP contribution is 2.18. The molecule has 3 aromatic rings. The molecule has 0 aliphatic heterocycles. The van der Waals surface area contributed by atoms with Crippen LogP contribution in [-0.4, -0.2) is 29.3 Å². The van der Waals surface area contributed by atoms with Crippen molar-refractivity contribution in [2.24, 2.45) is 0 Å². The summed E-state index contributed by atoms with van der Waals surface area (Å²) in [5.41, 5.74) is 3.13. The summed E-state index contributed by atoms with van der Waals surface area (Å²) in [4.78, 5) is 28.3. The second kappa shape index (κ2) is 12.2. The number of carbonyl (C=O) groups is 2. The highest BCUT2D eigenvalue weighted by atomic mass is 79.9. The number of aryl methyl sites for hydroxylation is 1. The second-order valence-electron chi connectivity index (χ2n) is 7.73. The van der Waals surface area contributed by atoms with Gasteiger partial charge >= 0.3 is 0 Å². The average Bonchev–Trinajstić information content (AvgIpc) is 2.82. The summed E-state index contributed by atoms with van der Waals surface area (Å²) in [6.07, 6.45) is 1.47. The van der Waals surface area contributed by atoms with Gasteiger partial charge in [0.25, 0.3) is 0 Å². The maximum absolute atomic E-state index is 13.5. The summed E-state index contributed by atoms with van der Waals surface area (Å²) in [5.74, 6) is -0.148. The van der Waals surface area contributed by atoms with E-state index in [4.69, 9.17) is 0 Å². The van der Waals surface area contributed by atoms with Crippen LogP contribution >= 0.6 is 15.9 Å². The molecule has 0 radical (unpaired) electrons. The topological polar surface area (TPSA) is 49.4 Å². The molecule has 1 N–H and O–H groups in total. The molecule has 0 fully saturated rings. The zero-order chi connectivity index (χ0) is 22.8. The Morgan fingerprint density at radius 3 is 2.03 bits per heavy atom. The van der Waals surface area contributed by atoms with Crippen LogP contribution < -0.4 is 5.32 Å². The zero-order valence-electron chi connectivity index (χ0n) is 18.3. The van der Waals surface area contributed by atoms with Crippen molar-refractivity contribution in [1.29, 1.82) is 0 Å². The van der Waals surface area contributed by atoms with E-state index >= 15 is 0 Å². The first-order valence-electron chi connectivity index (χ1n) is 11.0. The van der Waals surface area contributed by atoms with Crippen molar-refractivity contribution in [1.82, 2.24) is 10.2 Å². The molecule has 0 spiro atoms. The number of benzene rings is 3. The van der Waals surface area contributed by atoms with E-state index in [1.165, 1.54) is 0 Å². The SMILES string of the molecule is CCNC(=O)[C@H](Cc1ccccc1)N(Cc1ccc(Br)cc1)C(=O)CCc1ccccc1. The molecule has 0 bridgehead atoms. The number of nitrogens with one attached hydrogen (secondary N) is 1. The fourth-order valence-electron chi connectivity index (χ4n) is 3.67. The van der Waals surface area contributed by atoms with Crippen molar-refractivity contribution >= 4 is 27.7 Å². The Morgan fingerprint density at radius 1 is 0.844 bits per heavy atom. The summed E-state index contributed by atoms with van der Waals surface area (Å²) in [6, 6.07) is 27.2. The monoisotopic (exact) mass is 492 g/mol. The van der Waals surface area contributed by atoms with Gasteiger partial charge in [0.2, 0.25) is 11.8 Å². The predicted molar refractivity (Wildman–Crippen MR) is 132 cm³/mol. The maximum Gasteiger partial charge on any atom is 0.243 e. The van der Waals surface area contributed by atoms with Crippen molar-refractivity contribution in [3.8, 4) is 0 Å². The van der Waals surface area contributed by atoms with Gasteiger partial charge in [0.15, 0.2) is 0 Å². The lowest BCUT2D eigenvalue weighted by Crippen LogP contribution is -2.50. The molecular formula is C27H29BrN2O2. The van der Waals surface area contributed by atoms with Gasteiger partial charge in [-0.3, -0.25) is 9.59 Å². The van der Waals surface area contributed by atoms with Crippen LogP contribution in [0.25, 0.3) is 0 Å². The molecule has 0 saturated carbocycles. The molecule has 0 aliphatic rings. The molecule has 166 valence electrons. The Kier molecular flexibility index (Phi) is 9.05. The third-order valence-electron chi connectivity index (χ3n) is 5.36. The molecule has 0 aliphatic carbocycles. The molecule has 0 aromatic heterocycles. The van der Waals surface area contributed by atoms with Crippen molar-refractivity contribution in [3.63, 3.8) is 0 Å². The van der Waals surface area contributed by atoms with E-state index < -0.39 is 6.04 Å². The average molecular weight is 493 g/mol. The summed E-state index contributed by atoms with van der Waals surface area (Å²) in [7, 11) is 0. The molecule has 3 aromatic carbocycles. The van der Waals surface area contributed by atoms with Crippen LogP contribution in [0.15, 0.2) is 89.4 Å². The number of carbonyl (C=O) groups excluding carboxylic acids is 2. The summed E-state index contributed by atoms with van der Waals surface area (Å²) >= 11 is 3.46. The third kappa shape index (κ3) is 7.06. The quantitative estimate of drug-likeness (QED) is 0.424. The molecule has 5 heteroatoms. The van der Waals surface area contributed by atoms with Crippen LogP contribution in [0.4, 0.5) is 0 Å². The number of halogens is 1. The van der Waals surface area contributed by atoms with E-state index in [-0.39, 0.29) is 11.8 Å². The van der Waals surface area contributed by atoms with Crippen molar-refractivity contribution in [2.75, 3.05) is 6.54 Å². The van der Waals surface area contributed by atoms with E-state index in [1.54, 1.807) is 4.90 Å². The minimum absolute atomic E-state index is 0.0241. The highest BCUT2D eigenvalue weighted by molar-refractivity contribution is 9.10. The van der Waals surface area contributed by atoms with Gasteiger partial charge in [0, 0.05) is 30.4 Å². The van der Waals surface area contributed by atoms with Crippen LogP contribution in [0.5, 0.6) is 0 Å². The number of amides is 2. The van der Waals surface area contributed by atoms with Gasteiger partial charge in [0.05, 0.1) is 0 Å². The van der Waals surface area contributed by atoms with E-state index in [0.717, 1.165) is 21.2 Å². The van der Waals surface area contributed by atoms with Gasteiger partial charge in [-0.1, -0.05) is 88.7 Å². The number of rotatable bonds is 10. The number of hydrogen-bond donors (Lipinski definition) is 1. The predicted octanol–water partition coefficient (Wildman–Crippen LogP) is 5.16. The lowest BCUT2D eigenvalue weighted by atomic mass is 10.0. The first-order chi connectivity index (χ1) is 15.6. The van der Waals surface area contributed by atoms with Gasteiger partial charge in [-0.2, -0.15) is 0 Å². The lowest BCUT2D eigenvalue weighted by molar-refractivity contribution is -0.141. The molecule has 2 amide bonds. The normalized spacial score (nSPS) is 11.6. The van der Waals surface area contributed by atoms with Crippen LogP contribution in [-0.2, 0) is 29.0 Å². The largest absolute Gasteiger partial charge is 0.355 e. The Morgan fingerprint density at radius 2 is 1.44 bits per heavy atom. The summed E-state index contributed by atoms with van der Waals surface area (Å²) in [6.45, 7) is 2.80. The minimum Gasteiger partial charge on any atom is -0.355 e. The standard InChI is InChI=1S/C27H29BrN2O2/c1-2-29-27(32)25(19-22-11-7-4-8-12-22)30(20-23-13-16-24(28)17-14-23)26(31)18-15-21-9-5-3-6-10-21/h3-14,16-17,25H,2,15,18-20H2,1H3,(H,29,32)/t25-/m0/s1. The Balaban J connectivity index is 1.87. The van der Waals surface area contributed by atoms with Gasteiger partial charge in [-0.05, 0) is 42.2 Å². The summed E-state index contributed by atoms with van der Waals surface area (Å²) in [5, 5.41) is 2.93. The highest BCUT2D eigenvalue weighted by Gasteiger charge is 2.29. The van der Waals surface area contributed by atoms with Crippen LogP contribution in [0, 0.1) is 0 Å². The molecule has 32 heavy (non-hydrogen) atoms.